The molecule has 0 saturated heterocycles. The van der Waals surface area contributed by atoms with Gasteiger partial charge in [0.2, 0.25) is 6.79 Å². The zero-order chi connectivity index (χ0) is 20.5. The lowest BCUT2D eigenvalue weighted by Crippen LogP contribution is -2.30. The lowest BCUT2D eigenvalue weighted by molar-refractivity contribution is 0.0717. The van der Waals surface area contributed by atoms with Crippen molar-refractivity contribution in [3.63, 3.8) is 0 Å². The minimum Gasteiger partial charge on any atom is -0.464 e. The van der Waals surface area contributed by atoms with Gasteiger partial charge in [0.25, 0.3) is 5.91 Å². The van der Waals surface area contributed by atoms with Crippen LogP contribution in [-0.4, -0.2) is 17.6 Å². The lowest BCUT2D eigenvalue weighted by Gasteiger charge is -2.22. The molecule has 0 fully saturated rings. The van der Waals surface area contributed by atoms with Crippen molar-refractivity contribution in [2.45, 2.75) is 20.0 Å². The molecule has 1 aromatic heterocycles. The number of fused-ring (bicyclic) bond motifs is 2. The Kier molecular flexibility index (Phi) is 4.64. The fourth-order valence-electron chi connectivity index (χ4n) is 3.72. The number of amides is 1. The highest BCUT2D eigenvalue weighted by Crippen LogP contribution is 2.33. The van der Waals surface area contributed by atoms with Gasteiger partial charge >= 0.3 is 0 Å². The van der Waals surface area contributed by atoms with Crippen LogP contribution in [0.5, 0.6) is 11.5 Å². The van der Waals surface area contributed by atoms with E-state index in [1.54, 1.807) is 4.90 Å². The summed E-state index contributed by atoms with van der Waals surface area (Å²) in [6.45, 7) is 2.94. The van der Waals surface area contributed by atoms with Crippen molar-refractivity contribution in [2.75, 3.05) is 6.79 Å². The zero-order valence-electron chi connectivity index (χ0n) is 16.6. The van der Waals surface area contributed by atoms with E-state index in [1.807, 2.05) is 79.7 Å². The van der Waals surface area contributed by atoms with Crippen molar-refractivity contribution < 1.29 is 18.7 Å². The molecular weight excluding hydrogens is 378 g/mol. The number of carbonyl (C=O) groups excluding carboxylic acids is 1. The largest absolute Gasteiger partial charge is 0.464 e. The Balaban J connectivity index is 1.46. The van der Waals surface area contributed by atoms with E-state index in [2.05, 4.69) is 0 Å². The van der Waals surface area contributed by atoms with Crippen LogP contribution >= 0.6 is 0 Å². The molecule has 5 heteroatoms. The number of carbonyl (C=O) groups is 1. The van der Waals surface area contributed by atoms with E-state index in [1.165, 1.54) is 0 Å². The molecule has 0 radical (unpaired) electrons. The fourth-order valence-corrected chi connectivity index (χ4v) is 3.72. The smallest absolute Gasteiger partial charge is 0.254 e. The van der Waals surface area contributed by atoms with Crippen LogP contribution in [0.15, 0.2) is 77.2 Å². The molecule has 150 valence electrons. The molecule has 4 aromatic rings. The molecule has 1 amide bonds. The van der Waals surface area contributed by atoms with Crippen molar-refractivity contribution >= 4 is 16.7 Å². The Morgan fingerprint density at radius 2 is 1.70 bits per heavy atom. The van der Waals surface area contributed by atoms with Crippen LogP contribution < -0.4 is 9.47 Å². The zero-order valence-corrected chi connectivity index (χ0v) is 16.6. The molecule has 1 aliphatic rings. The molecule has 0 spiro atoms. The second-order valence-corrected chi connectivity index (χ2v) is 7.42. The minimum absolute atomic E-state index is 0.0486. The Hall–Kier alpha value is -3.73. The van der Waals surface area contributed by atoms with Crippen LogP contribution in [0.25, 0.3) is 10.8 Å². The van der Waals surface area contributed by atoms with Crippen molar-refractivity contribution in [3.8, 4) is 11.5 Å². The van der Waals surface area contributed by atoms with Gasteiger partial charge in [0, 0.05) is 12.1 Å². The maximum atomic E-state index is 13.5. The maximum absolute atomic E-state index is 13.5. The first-order valence-electron chi connectivity index (χ1n) is 9.88. The van der Waals surface area contributed by atoms with E-state index in [0.29, 0.717) is 24.4 Å². The van der Waals surface area contributed by atoms with E-state index in [4.69, 9.17) is 13.9 Å². The topological polar surface area (TPSA) is 51.9 Å². The minimum atomic E-state index is -0.0486. The van der Waals surface area contributed by atoms with Crippen LogP contribution in [-0.2, 0) is 13.1 Å². The number of rotatable bonds is 5. The SMILES string of the molecule is Cc1ccc(CN(Cc2ccc3c(c2)OCO3)C(=O)c2ccc3ccccc3c2)o1. The van der Waals surface area contributed by atoms with Gasteiger partial charge in [-0.25, -0.2) is 0 Å². The molecule has 5 nitrogen and oxygen atoms in total. The summed E-state index contributed by atoms with van der Waals surface area (Å²) in [4.78, 5) is 15.3. The molecule has 3 aromatic carbocycles. The fraction of sp³-hybridized carbons (Fsp3) is 0.160. The summed E-state index contributed by atoms with van der Waals surface area (Å²) >= 11 is 0. The first-order chi connectivity index (χ1) is 14.7. The molecule has 0 unspecified atom stereocenters. The molecule has 0 N–H and O–H groups in total. The standard InChI is InChI=1S/C25H21NO4/c1-17-6-10-22(30-17)15-26(14-18-7-11-23-24(12-18)29-16-28-23)25(27)21-9-8-19-4-2-3-5-20(19)13-21/h2-13H,14-16H2,1H3. The number of ether oxygens (including phenoxy) is 2. The highest BCUT2D eigenvalue weighted by atomic mass is 16.7. The number of hydrogen-bond acceptors (Lipinski definition) is 4. The highest BCUT2D eigenvalue weighted by molar-refractivity contribution is 5.98. The molecule has 1 aliphatic heterocycles. The van der Waals surface area contributed by atoms with Gasteiger partial charge in [-0.2, -0.15) is 0 Å². The lowest BCUT2D eigenvalue weighted by atomic mass is 10.1. The Morgan fingerprint density at radius 3 is 2.53 bits per heavy atom. The molecule has 0 saturated carbocycles. The summed E-state index contributed by atoms with van der Waals surface area (Å²) < 4.78 is 16.6. The highest BCUT2D eigenvalue weighted by Gasteiger charge is 2.20. The van der Waals surface area contributed by atoms with Crippen molar-refractivity contribution in [3.05, 3.63) is 95.4 Å². The first-order valence-corrected chi connectivity index (χ1v) is 9.88. The van der Waals surface area contributed by atoms with E-state index in [-0.39, 0.29) is 12.7 Å². The van der Waals surface area contributed by atoms with E-state index in [0.717, 1.165) is 33.6 Å². The van der Waals surface area contributed by atoms with Crippen LogP contribution in [0, 0.1) is 6.92 Å². The average molecular weight is 399 g/mol. The molecule has 5 rings (SSSR count). The predicted octanol–water partition coefficient (Wildman–Crippen LogP) is 5.31. The first kappa shape index (κ1) is 18.3. The number of hydrogen-bond donors (Lipinski definition) is 0. The number of furan rings is 1. The van der Waals surface area contributed by atoms with Gasteiger partial charge in [-0.05, 0) is 59.7 Å². The Labute approximate surface area is 174 Å². The molecule has 2 heterocycles. The summed E-state index contributed by atoms with van der Waals surface area (Å²) in [5.74, 6) is 2.97. The second kappa shape index (κ2) is 7.59. The summed E-state index contributed by atoms with van der Waals surface area (Å²) in [5, 5.41) is 2.15. The molecule has 0 bridgehead atoms. The van der Waals surface area contributed by atoms with Gasteiger partial charge in [0.1, 0.15) is 11.5 Å². The normalized spacial score (nSPS) is 12.3. The van der Waals surface area contributed by atoms with Gasteiger partial charge in [-0.3, -0.25) is 4.79 Å². The van der Waals surface area contributed by atoms with Gasteiger partial charge in [0.05, 0.1) is 6.54 Å². The van der Waals surface area contributed by atoms with Crippen LogP contribution in [0.2, 0.25) is 0 Å². The number of benzene rings is 3. The van der Waals surface area contributed by atoms with Gasteiger partial charge in [0.15, 0.2) is 11.5 Å². The summed E-state index contributed by atoms with van der Waals surface area (Å²) in [6, 6.07) is 23.4. The third-order valence-corrected chi connectivity index (χ3v) is 5.24. The van der Waals surface area contributed by atoms with E-state index >= 15 is 0 Å². The predicted molar refractivity (Wildman–Crippen MR) is 114 cm³/mol. The number of nitrogens with zero attached hydrogens (tertiary/aromatic N) is 1. The molecule has 30 heavy (non-hydrogen) atoms. The molecule has 0 aliphatic carbocycles. The molecule has 0 atom stereocenters. The Morgan fingerprint density at radius 1 is 0.867 bits per heavy atom. The third-order valence-electron chi connectivity index (χ3n) is 5.24. The van der Waals surface area contributed by atoms with E-state index in [9.17, 15) is 4.79 Å². The van der Waals surface area contributed by atoms with E-state index < -0.39 is 0 Å². The summed E-state index contributed by atoms with van der Waals surface area (Å²) in [7, 11) is 0. The van der Waals surface area contributed by atoms with Crippen molar-refractivity contribution in [1.29, 1.82) is 0 Å². The Bertz CT molecular complexity index is 1230. The quantitative estimate of drug-likeness (QED) is 0.456. The summed E-state index contributed by atoms with van der Waals surface area (Å²) in [5.41, 5.74) is 1.62. The van der Waals surface area contributed by atoms with Crippen LogP contribution in [0.3, 0.4) is 0 Å². The monoisotopic (exact) mass is 399 g/mol. The number of aryl methyl sites for hydroxylation is 1. The summed E-state index contributed by atoms with van der Waals surface area (Å²) in [6.07, 6.45) is 0. The van der Waals surface area contributed by atoms with Gasteiger partial charge in [-0.1, -0.05) is 36.4 Å². The van der Waals surface area contributed by atoms with Crippen molar-refractivity contribution in [2.24, 2.45) is 0 Å². The van der Waals surface area contributed by atoms with Gasteiger partial charge < -0.3 is 18.8 Å². The average Bonchev–Trinajstić information content (AvgIpc) is 3.40. The van der Waals surface area contributed by atoms with Crippen LogP contribution in [0.4, 0.5) is 0 Å². The van der Waals surface area contributed by atoms with Crippen molar-refractivity contribution in [1.82, 2.24) is 4.90 Å². The van der Waals surface area contributed by atoms with Gasteiger partial charge in [-0.15, -0.1) is 0 Å². The molecular formula is C25H21NO4. The second-order valence-electron chi connectivity index (χ2n) is 7.42. The maximum Gasteiger partial charge on any atom is 0.254 e. The third kappa shape index (κ3) is 3.62. The van der Waals surface area contributed by atoms with Crippen LogP contribution in [0.1, 0.15) is 27.4 Å².